The summed E-state index contributed by atoms with van der Waals surface area (Å²) in [5, 5.41) is 23.5. The first-order chi connectivity index (χ1) is 17.7. The molecule has 4 rings (SSSR count). The molecular weight excluding hydrogens is 484 g/mol. The number of carbonyl (C=O) groups excluding carboxylic acids is 1. The molecule has 2 aliphatic rings. The largest absolute Gasteiger partial charge is 0.497 e. The third-order valence-electron chi connectivity index (χ3n) is 6.97. The zero-order chi connectivity index (χ0) is 26.9. The molecule has 1 N–H and O–H groups in total. The minimum absolute atomic E-state index is 0.169. The lowest BCUT2D eigenvalue weighted by Gasteiger charge is -2.50. The summed E-state index contributed by atoms with van der Waals surface area (Å²) in [6.07, 6.45) is -1.37. The van der Waals surface area contributed by atoms with E-state index >= 15 is 0 Å². The molecule has 37 heavy (non-hydrogen) atoms. The second-order valence-corrected chi connectivity index (χ2v) is 9.25. The molecule has 11 nitrogen and oxygen atoms in total. The van der Waals surface area contributed by atoms with Gasteiger partial charge < -0.3 is 33.7 Å². The molecule has 0 saturated carbocycles. The molecule has 0 radical (unpaired) electrons. The first-order valence-electron chi connectivity index (χ1n) is 12.0. The van der Waals surface area contributed by atoms with Crippen LogP contribution in [0.2, 0.25) is 0 Å². The highest BCUT2D eigenvalue weighted by Gasteiger charge is 2.56. The first-order valence-corrected chi connectivity index (χ1v) is 12.0. The monoisotopic (exact) mass is 516 g/mol. The molecule has 4 atom stereocenters. The van der Waals surface area contributed by atoms with Crippen LogP contribution in [0.5, 0.6) is 11.5 Å². The van der Waals surface area contributed by atoms with Gasteiger partial charge in [0.05, 0.1) is 24.7 Å². The van der Waals surface area contributed by atoms with Crippen LogP contribution in [0.4, 0.5) is 11.4 Å². The van der Waals surface area contributed by atoms with Crippen molar-refractivity contribution in [3.8, 4) is 11.5 Å². The number of fused-ring (bicyclic) bond motifs is 2. The Kier molecular flexibility index (Phi) is 7.58. The number of nitro benzene ring substituents is 1. The van der Waals surface area contributed by atoms with E-state index in [-0.39, 0.29) is 12.3 Å². The number of nitrogens with zero attached hydrogens (tertiary/aromatic N) is 2. The number of rotatable bonds is 9. The number of non-ortho nitro benzene ring substituents is 1. The fourth-order valence-electron chi connectivity index (χ4n) is 5.23. The van der Waals surface area contributed by atoms with Gasteiger partial charge in [-0.25, -0.2) is 4.79 Å². The summed E-state index contributed by atoms with van der Waals surface area (Å²) in [5.74, 6) is 0.470. The van der Waals surface area contributed by atoms with Crippen LogP contribution >= 0.6 is 0 Å². The maximum Gasteiger partial charge on any atom is 0.329 e. The average molecular weight is 517 g/mol. The van der Waals surface area contributed by atoms with Gasteiger partial charge in [-0.15, -0.1) is 0 Å². The van der Waals surface area contributed by atoms with Gasteiger partial charge in [0.2, 0.25) is 0 Å². The van der Waals surface area contributed by atoms with E-state index in [1.165, 1.54) is 32.4 Å². The number of benzene rings is 2. The van der Waals surface area contributed by atoms with Crippen LogP contribution < -0.4 is 14.4 Å². The number of aliphatic hydroxyl groups excluding tert-OH is 1. The number of methoxy groups -OCH3 is 3. The van der Waals surface area contributed by atoms with Gasteiger partial charge in [0.25, 0.3) is 5.69 Å². The van der Waals surface area contributed by atoms with Crippen molar-refractivity contribution in [2.45, 2.75) is 56.8 Å². The smallest absolute Gasteiger partial charge is 0.329 e. The van der Waals surface area contributed by atoms with Crippen molar-refractivity contribution in [3.63, 3.8) is 0 Å². The van der Waals surface area contributed by atoms with Gasteiger partial charge in [0.1, 0.15) is 23.6 Å². The average Bonchev–Trinajstić information content (AvgIpc) is 3.26. The Morgan fingerprint density at radius 2 is 1.97 bits per heavy atom. The molecule has 2 aromatic rings. The predicted molar refractivity (Wildman–Crippen MR) is 133 cm³/mol. The number of ether oxygens (including phenoxy) is 5. The highest BCUT2D eigenvalue weighted by molar-refractivity contribution is 5.85. The van der Waals surface area contributed by atoms with E-state index in [4.69, 9.17) is 23.7 Å². The molecule has 0 spiro atoms. The molecule has 0 saturated heterocycles. The zero-order valence-electron chi connectivity index (χ0n) is 21.5. The minimum atomic E-state index is -1.43. The molecule has 11 heteroatoms. The molecular formula is C26H32N2O9. The molecule has 0 fully saturated rings. The lowest BCUT2D eigenvalue weighted by molar-refractivity contribution is -0.385. The minimum Gasteiger partial charge on any atom is -0.497 e. The van der Waals surface area contributed by atoms with E-state index in [1.54, 1.807) is 25.0 Å². The standard InChI is InChI=1S/C26H32N2O9/c1-6-11-36-24(30)20-13-15-12-17(33-3)8-9-19(15)27(20)22-18-14-16(28(31)32)7-10-21(18)37-26(2,23(22)29)25(34-4)35-5/h7-10,12,14,20,22-23,25,29H,6,11,13H2,1-5H3/t20-,22-,23+,26+/m0/s1. The Bertz CT molecular complexity index is 1170. The zero-order valence-corrected chi connectivity index (χ0v) is 21.5. The SMILES string of the molecule is CCCOC(=O)[C@@H]1Cc2cc(OC)ccc2N1[C@H]1c2cc([N+](=O)[O-])ccc2O[C@@](C)(C(OC)OC)[C@@H]1O. The quantitative estimate of drug-likeness (QED) is 0.230. The van der Waals surface area contributed by atoms with E-state index in [2.05, 4.69) is 0 Å². The van der Waals surface area contributed by atoms with Gasteiger partial charge in [0, 0.05) is 44.0 Å². The summed E-state index contributed by atoms with van der Waals surface area (Å²) in [6.45, 7) is 3.79. The summed E-state index contributed by atoms with van der Waals surface area (Å²) in [6, 6.07) is 7.86. The van der Waals surface area contributed by atoms with Gasteiger partial charge in [-0.1, -0.05) is 6.92 Å². The highest BCUT2D eigenvalue weighted by Crippen LogP contribution is 2.50. The Hall–Kier alpha value is -3.41. The van der Waals surface area contributed by atoms with Crippen molar-refractivity contribution in [2.75, 3.05) is 32.8 Å². The Morgan fingerprint density at radius 1 is 1.24 bits per heavy atom. The van der Waals surface area contributed by atoms with Gasteiger partial charge in [0.15, 0.2) is 11.9 Å². The van der Waals surface area contributed by atoms with Crippen molar-refractivity contribution >= 4 is 17.3 Å². The Balaban J connectivity index is 1.93. The van der Waals surface area contributed by atoms with Crippen molar-refractivity contribution in [2.24, 2.45) is 0 Å². The predicted octanol–water partition coefficient (Wildman–Crippen LogP) is 3.16. The van der Waals surface area contributed by atoms with Gasteiger partial charge in [-0.05, 0) is 43.2 Å². The number of esters is 1. The second kappa shape index (κ2) is 10.5. The van der Waals surface area contributed by atoms with E-state index in [9.17, 15) is 20.0 Å². The number of aliphatic hydroxyl groups is 1. The molecule has 2 heterocycles. The van der Waals surface area contributed by atoms with E-state index in [0.29, 0.717) is 35.6 Å². The maximum absolute atomic E-state index is 13.3. The Labute approximate surface area is 215 Å². The maximum atomic E-state index is 13.3. The highest BCUT2D eigenvalue weighted by atomic mass is 16.7. The van der Waals surface area contributed by atoms with Gasteiger partial charge in [-0.2, -0.15) is 0 Å². The molecule has 200 valence electrons. The number of nitro groups is 1. The number of hydrogen-bond donors (Lipinski definition) is 1. The van der Waals surface area contributed by atoms with Crippen LogP contribution in [0.3, 0.4) is 0 Å². The fourth-order valence-corrected chi connectivity index (χ4v) is 5.23. The van der Waals surface area contributed by atoms with Crippen molar-refractivity contribution < 1.29 is 38.5 Å². The van der Waals surface area contributed by atoms with Crippen LogP contribution in [0, 0.1) is 10.1 Å². The van der Waals surface area contributed by atoms with Crippen molar-refractivity contribution in [1.82, 2.24) is 0 Å². The second-order valence-electron chi connectivity index (χ2n) is 9.25. The number of anilines is 1. The molecule has 0 amide bonds. The van der Waals surface area contributed by atoms with E-state index < -0.39 is 41.0 Å². The van der Waals surface area contributed by atoms with Crippen LogP contribution in [0.1, 0.15) is 37.4 Å². The fraction of sp³-hybridized carbons (Fsp3) is 0.500. The summed E-state index contributed by atoms with van der Waals surface area (Å²) in [4.78, 5) is 26.2. The third kappa shape index (κ3) is 4.58. The Morgan fingerprint density at radius 3 is 2.59 bits per heavy atom. The van der Waals surface area contributed by atoms with Gasteiger partial charge in [-0.3, -0.25) is 10.1 Å². The van der Waals surface area contributed by atoms with Crippen molar-refractivity contribution in [1.29, 1.82) is 0 Å². The third-order valence-corrected chi connectivity index (χ3v) is 6.97. The molecule has 2 aromatic carbocycles. The van der Waals surface area contributed by atoms with E-state index in [1.807, 2.05) is 19.1 Å². The van der Waals surface area contributed by atoms with E-state index in [0.717, 1.165) is 5.56 Å². The summed E-state index contributed by atoms with van der Waals surface area (Å²) in [7, 11) is 4.41. The normalized spacial score (nSPS) is 24.3. The lowest BCUT2D eigenvalue weighted by Crippen LogP contribution is -2.63. The van der Waals surface area contributed by atoms with Gasteiger partial charge >= 0.3 is 5.97 Å². The molecule has 2 aliphatic heterocycles. The topological polar surface area (TPSA) is 130 Å². The molecule has 0 aromatic heterocycles. The van der Waals surface area contributed by atoms with Crippen LogP contribution in [0.15, 0.2) is 36.4 Å². The van der Waals surface area contributed by atoms with Crippen LogP contribution in [0.25, 0.3) is 0 Å². The molecule has 0 aliphatic carbocycles. The first kappa shape index (κ1) is 26.6. The number of hydrogen-bond acceptors (Lipinski definition) is 10. The summed E-state index contributed by atoms with van der Waals surface area (Å²) >= 11 is 0. The van der Waals surface area contributed by atoms with Crippen molar-refractivity contribution in [3.05, 3.63) is 57.6 Å². The number of carbonyl (C=O) groups is 1. The molecule has 0 bridgehead atoms. The molecule has 0 unspecified atom stereocenters. The summed E-state index contributed by atoms with van der Waals surface area (Å²) < 4.78 is 28.1. The summed E-state index contributed by atoms with van der Waals surface area (Å²) in [5.41, 5.74) is 0.265. The lowest BCUT2D eigenvalue weighted by atomic mass is 9.83. The van der Waals surface area contributed by atoms with Crippen LogP contribution in [-0.2, 0) is 25.4 Å². The van der Waals surface area contributed by atoms with Crippen LogP contribution in [-0.4, -0.2) is 68.0 Å².